The molecular weight excluding hydrogens is 194 g/mol. The van der Waals surface area contributed by atoms with Crippen molar-refractivity contribution < 1.29 is 14.6 Å². The predicted octanol–water partition coefficient (Wildman–Crippen LogP) is 1.60. The van der Waals surface area contributed by atoms with Crippen molar-refractivity contribution in [1.29, 1.82) is 0 Å². The first kappa shape index (κ1) is 14.4. The third-order valence-electron chi connectivity index (χ3n) is 3.15. The molecule has 0 rings (SSSR count). The third kappa shape index (κ3) is 3.18. The predicted molar refractivity (Wildman–Crippen MR) is 60.0 cm³/mol. The van der Waals surface area contributed by atoms with Crippen LogP contribution in [0.4, 0.5) is 0 Å². The molecule has 0 aromatic heterocycles. The van der Waals surface area contributed by atoms with E-state index in [9.17, 15) is 9.90 Å². The molecule has 0 aliphatic heterocycles. The summed E-state index contributed by atoms with van der Waals surface area (Å²) in [4.78, 5) is 13.2. The standard InChI is InChI=1S/C11H23NO3/c1-6-9(7-2)12(4)11(3,8-15-5)10(13)14/h9H,6-8H2,1-5H3,(H,13,14). The zero-order valence-electron chi connectivity index (χ0n) is 10.4. The molecule has 4 nitrogen and oxygen atoms in total. The maximum atomic E-state index is 11.3. The molecule has 0 heterocycles. The molecule has 90 valence electrons. The van der Waals surface area contributed by atoms with Crippen molar-refractivity contribution in [3.8, 4) is 0 Å². The van der Waals surface area contributed by atoms with Gasteiger partial charge in [-0.15, -0.1) is 0 Å². The summed E-state index contributed by atoms with van der Waals surface area (Å²) in [7, 11) is 3.38. The minimum Gasteiger partial charge on any atom is -0.480 e. The van der Waals surface area contributed by atoms with Gasteiger partial charge in [-0.05, 0) is 26.8 Å². The molecule has 1 N–H and O–H groups in total. The summed E-state index contributed by atoms with van der Waals surface area (Å²) in [5.41, 5.74) is -0.939. The minimum atomic E-state index is -0.939. The second kappa shape index (κ2) is 6.08. The molecular formula is C11H23NO3. The molecule has 4 heteroatoms. The normalized spacial score (nSPS) is 15.7. The van der Waals surface area contributed by atoms with Gasteiger partial charge >= 0.3 is 5.97 Å². The van der Waals surface area contributed by atoms with E-state index in [1.54, 1.807) is 6.92 Å². The summed E-state index contributed by atoms with van der Waals surface area (Å²) in [6.07, 6.45) is 1.89. The zero-order chi connectivity index (χ0) is 12.1. The molecule has 0 fully saturated rings. The van der Waals surface area contributed by atoms with Crippen molar-refractivity contribution in [3.05, 3.63) is 0 Å². The Balaban J connectivity index is 4.82. The van der Waals surface area contributed by atoms with E-state index in [-0.39, 0.29) is 12.6 Å². The Labute approximate surface area is 92.2 Å². The lowest BCUT2D eigenvalue weighted by Gasteiger charge is -2.39. The van der Waals surface area contributed by atoms with Crippen molar-refractivity contribution in [2.45, 2.75) is 45.2 Å². The van der Waals surface area contributed by atoms with E-state index in [2.05, 4.69) is 13.8 Å². The fourth-order valence-corrected chi connectivity index (χ4v) is 1.83. The molecule has 0 spiro atoms. The lowest BCUT2D eigenvalue weighted by Crippen LogP contribution is -2.57. The fourth-order valence-electron chi connectivity index (χ4n) is 1.83. The maximum absolute atomic E-state index is 11.3. The first-order valence-corrected chi connectivity index (χ1v) is 5.39. The monoisotopic (exact) mass is 217 g/mol. The number of methoxy groups -OCH3 is 1. The van der Waals surface area contributed by atoms with Gasteiger partial charge < -0.3 is 9.84 Å². The van der Waals surface area contributed by atoms with Crippen LogP contribution in [0, 0.1) is 0 Å². The lowest BCUT2D eigenvalue weighted by molar-refractivity contribution is -0.155. The van der Waals surface area contributed by atoms with Gasteiger partial charge in [-0.1, -0.05) is 13.8 Å². The largest absolute Gasteiger partial charge is 0.480 e. The maximum Gasteiger partial charge on any atom is 0.326 e. The average molecular weight is 217 g/mol. The van der Waals surface area contributed by atoms with Crippen LogP contribution in [0.5, 0.6) is 0 Å². The summed E-state index contributed by atoms with van der Waals surface area (Å²) >= 11 is 0. The molecule has 0 aliphatic carbocycles. The fraction of sp³-hybridized carbons (Fsp3) is 0.909. The van der Waals surface area contributed by atoms with Crippen molar-refractivity contribution in [1.82, 2.24) is 4.90 Å². The number of hydrogen-bond donors (Lipinski definition) is 1. The Morgan fingerprint density at radius 2 is 1.93 bits per heavy atom. The van der Waals surface area contributed by atoms with Gasteiger partial charge in [0.1, 0.15) is 5.54 Å². The highest BCUT2D eigenvalue weighted by Crippen LogP contribution is 2.20. The van der Waals surface area contributed by atoms with E-state index in [0.29, 0.717) is 0 Å². The summed E-state index contributed by atoms with van der Waals surface area (Å²) in [6.45, 7) is 6.05. The number of hydrogen-bond acceptors (Lipinski definition) is 3. The van der Waals surface area contributed by atoms with Crippen LogP contribution in [0.25, 0.3) is 0 Å². The van der Waals surface area contributed by atoms with Gasteiger partial charge in [-0.2, -0.15) is 0 Å². The minimum absolute atomic E-state index is 0.204. The smallest absolute Gasteiger partial charge is 0.326 e. The molecule has 0 saturated heterocycles. The summed E-state index contributed by atoms with van der Waals surface area (Å²) in [5.74, 6) is -0.834. The second-order valence-electron chi connectivity index (χ2n) is 4.09. The van der Waals surface area contributed by atoms with Crippen LogP contribution < -0.4 is 0 Å². The number of aliphatic carboxylic acids is 1. The number of carboxylic acids is 1. The van der Waals surface area contributed by atoms with Gasteiger partial charge in [-0.3, -0.25) is 9.69 Å². The van der Waals surface area contributed by atoms with Crippen molar-refractivity contribution in [2.24, 2.45) is 0 Å². The topological polar surface area (TPSA) is 49.8 Å². The Bertz CT molecular complexity index is 204. The van der Waals surface area contributed by atoms with Crippen LogP contribution in [0.3, 0.4) is 0 Å². The summed E-state index contributed by atoms with van der Waals surface area (Å²) in [5, 5.41) is 9.25. The number of likely N-dealkylation sites (N-methyl/N-ethyl adjacent to an activating group) is 1. The van der Waals surface area contributed by atoms with Crippen molar-refractivity contribution in [2.75, 3.05) is 20.8 Å². The zero-order valence-corrected chi connectivity index (χ0v) is 10.4. The summed E-state index contributed by atoms with van der Waals surface area (Å²) < 4.78 is 5.01. The van der Waals surface area contributed by atoms with Gasteiger partial charge in [0.2, 0.25) is 0 Å². The third-order valence-corrected chi connectivity index (χ3v) is 3.15. The number of ether oxygens (including phenoxy) is 1. The lowest BCUT2D eigenvalue weighted by atomic mass is 9.97. The van der Waals surface area contributed by atoms with Gasteiger partial charge in [0.25, 0.3) is 0 Å². The first-order chi connectivity index (χ1) is 6.93. The summed E-state index contributed by atoms with van der Waals surface area (Å²) in [6, 6.07) is 0.279. The number of carbonyl (C=O) groups is 1. The highest BCUT2D eigenvalue weighted by Gasteiger charge is 2.40. The molecule has 0 amide bonds. The van der Waals surface area contributed by atoms with Crippen LogP contribution in [0.15, 0.2) is 0 Å². The number of rotatable bonds is 7. The van der Waals surface area contributed by atoms with Gasteiger partial charge in [0.05, 0.1) is 6.61 Å². The van der Waals surface area contributed by atoms with E-state index in [1.807, 2.05) is 11.9 Å². The molecule has 1 atom stereocenters. The number of nitrogens with zero attached hydrogens (tertiary/aromatic N) is 1. The van der Waals surface area contributed by atoms with Crippen LogP contribution in [0.2, 0.25) is 0 Å². The second-order valence-corrected chi connectivity index (χ2v) is 4.09. The van der Waals surface area contributed by atoms with Gasteiger partial charge in [-0.25, -0.2) is 0 Å². The highest BCUT2D eigenvalue weighted by molar-refractivity contribution is 5.78. The Kier molecular flexibility index (Phi) is 5.83. The van der Waals surface area contributed by atoms with Crippen LogP contribution in [0.1, 0.15) is 33.6 Å². The molecule has 0 radical (unpaired) electrons. The van der Waals surface area contributed by atoms with Gasteiger partial charge in [0.15, 0.2) is 0 Å². The van der Waals surface area contributed by atoms with E-state index in [1.165, 1.54) is 7.11 Å². The Morgan fingerprint density at radius 3 is 2.20 bits per heavy atom. The van der Waals surface area contributed by atoms with Crippen molar-refractivity contribution in [3.63, 3.8) is 0 Å². The Hall–Kier alpha value is -0.610. The number of carboxylic acid groups (broad SMARTS) is 1. The van der Waals surface area contributed by atoms with Gasteiger partial charge in [0, 0.05) is 13.2 Å². The van der Waals surface area contributed by atoms with Crippen LogP contribution >= 0.6 is 0 Å². The van der Waals surface area contributed by atoms with Crippen LogP contribution in [-0.4, -0.2) is 48.3 Å². The first-order valence-electron chi connectivity index (χ1n) is 5.39. The van der Waals surface area contributed by atoms with E-state index in [4.69, 9.17) is 4.74 Å². The molecule has 0 aromatic carbocycles. The molecule has 15 heavy (non-hydrogen) atoms. The molecule has 0 saturated carbocycles. The highest BCUT2D eigenvalue weighted by atomic mass is 16.5. The Morgan fingerprint density at radius 1 is 1.47 bits per heavy atom. The van der Waals surface area contributed by atoms with E-state index >= 15 is 0 Å². The molecule has 0 aromatic rings. The van der Waals surface area contributed by atoms with E-state index in [0.717, 1.165) is 12.8 Å². The average Bonchev–Trinajstić information content (AvgIpc) is 2.19. The SMILES string of the molecule is CCC(CC)N(C)C(C)(COC)C(=O)O. The van der Waals surface area contributed by atoms with E-state index < -0.39 is 11.5 Å². The quantitative estimate of drug-likeness (QED) is 0.703. The van der Waals surface area contributed by atoms with Crippen molar-refractivity contribution >= 4 is 5.97 Å². The molecule has 1 unspecified atom stereocenters. The molecule has 0 bridgehead atoms. The molecule has 0 aliphatic rings. The van der Waals surface area contributed by atoms with Crippen LogP contribution in [-0.2, 0) is 9.53 Å².